The number of aryl methyl sites for hydroxylation is 1. The SMILES string of the molecule is Cc1ccc(C(=O)NNC(=O)Cc2coc3ccc4ccccc4c23)cc1. The standard InChI is InChI=1S/C22H18N2O3/c1-14-6-8-16(9-7-14)22(26)24-23-20(25)12-17-13-27-19-11-10-15-4-2-3-5-18(15)21(17)19/h2-11,13H,12H2,1H3,(H,23,25)(H,24,26). The van der Waals surface area contributed by atoms with Crippen molar-refractivity contribution in [3.63, 3.8) is 0 Å². The molecule has 3 aromatic carbocycles. The fourth-order valence-corrected chi connectivity index (χ4v) is 3.13. The van der Waals surface area contributed by atoms with Gasteiger partial charge in [-0.15, -0.1) is 0 Å². The van der Waals surface area contributed by atoms with Crippen LogP contribution in [-0.4, -0.2) is 11.8 Å². The van der Waals surface area contributed by atoms with Crippen LogP contribution in [0.5, 0.6) is 0 Å². The number of rotatable bonds is 3. The highest BCUT2D eigenvalue weighted by atomic mass is 16.3. The summed E-state index contributed by atoms with van der Waals surface area (Å²) in [5, 5.41) is 3.05. The number of benzene rings is 3. The normalized spacial score (nSPS) is 10.9. The van der Waals surface area contributed by atoms with Crippen LogP contribution in [0.25, 0.3) is 21.7 Å². The Morgan fingerprint density at radius 2 is 1.70 bits per heavy atom. The second kappa shape index (κ2) is 6.96. The van der Waals surface area contributed by atoms with Gasteiger partial charge in [-0.3, -0.25) is 20.4 Å². The first-order valence-electron chi connectivity index (χ1n) is 8.65. The number of furan rings is 1. The Hall–Kier alpha value is -3.60. The molecule has 1 aromatic heterocycles. The third-order valence-corrected chi connectivity index (χ3v) is 4.52. The molecular formula is C22H18N2O3. The zero-order chi connectivity index (χ0) is 18.8. The Bertz CT molecular complexity index is 1140. The summed E-state index contributed by atoms with van der Waals surface area (Å²) in [5.41, 5.74) is 7.98. The summed E-state index contributed by atoms with van der Waals surface area (Å²) in [5.74, 6) is -0.669. The van der Waals surface area contributed by atoms with Crippen LogP contribution >= 0.6 is 0 Å². The van der Waals surface area contributed by atoms with Gasteiger partial charge < -0.3 is 4.42 Å². The van der Waals surface area contributed by atoms with Crippen LogP contribution < -0.4 is 10.9 Å². The van der Waals surface area contributed by atoms with Crippen molar-refractivity contribution in [2.24, 2.45) is 0 Å². The number of hydrazine groups is 1. The van der Waals surface area contributed by atoms with E-state index in [9.17, 15) is 9.59 Å². The third-order valence-electron chi connectivity index (χ3n) is 4.52. The topological polar surface area (TPSA) is 71.3 Å². The van der Waals surface area contributed by atoms with Crippen LogP contribution in [0.2, 0.25) is 0 Å². The molecule has 0 saturated heterocycles. The minimum absolute atomic E-state index is 0.106. The van der Waals surface area contributed by atoms with Gasteiger partial charge in [0.15, 0.2) is 0 Å². The van der Waals surface area contributed by atoms with Gasteiger partial charge in [-0.2, -0.15) is 0 Å². The van der Waals surface area contributed by atoms with E-state index in [4.69, 9.17) is 4.42 Å². The number of hydrogen-bond donors (Lipinski definition) is 2. The van der Waals surface area contributed by atoms with Crippen LogP contribution in [0.1, 0.15) is 21.5 Å². The molecule has 0 spiro atoms. The molecule has 0 saturated carbocycles. The minimum Gasteiger partial charge on any atom is -0.464 e. The number of carbonyl (C=O) groups excluding carboxylic acids is 2. The van der Waals surface area contributed by atoms with Gasteiger partial charge in [-0.05, 0) is 35.9 Å². The van der Waals surface area contributed by atoms with E-state index in [0.29, 0.717) is 5.56 Å². The number of amides is 2. The van der Waals surface area contributed by atoms with Gasteiger partial charge in [-0.1, -0.05) is 48.0 Å². The minimum atomic E-state index is -0.356. The van der Waals surface area contributed by atoms with Crippen molar-refractivity contribution in [3.05, 3.63) is 83.6 Å². The van der Waals surface area contributed by atoms with Gasteiger partial charge in [0, 0.05) is 16.5 Å². The van der Waals surface area contributed by atoms with Crippen molar-refractivity contribution in [2.75, 3.05) is 0 Å². The fourth-order valence-electron chi connectivity index (χ4n) is 3.13. The Morgan fingerprint density at radius 1 is 0.926 bits per heavy atom. The predicted molar refractivity (Wildman–Crippen MR) is 104 cm³/mol. The largest absolute Gasteiger partial charge is 0.464 e. The molecule has 0 atom stereocenters. The Morgan fingerprint density at radius 3 is 2.52 bits per heavy atom. The summed E-state index contributed by atoms with van der Waals surface area (Å²) >= 11 is 0. The highest BCUT2D eigenvalue weighted by molar-refractivity contribution is 6.08. The lowest BCUT2D eigenvalue weighted by Crippen LogP contribution is -2.42. The van der Waals surface area contributed by atoms with E-state index in [1.165, 1.54) is 0 Å². The van der Waals surface area contributed by atoms with Crippen molar-refractivity contribution in [3.8, 4) is 0 Å². The molecule has 27 heavy (non-hydrogen) atoms. The maximum absolute atomic E-state index is 12.3. The zero-order valence-corrected chi connectivity index (χ0v) is 14.8. The average Bonchev–Trinajstić information content (AvgIpc) is 3.10. The summed E-state index contributed by atoms with van der Waals surface area (Å²) < 4.78 is 5.60. The summed E-state index contributed by atoms with van der Waals surface area (Å²) in [6.45, 7) is 1.95. The lowest BCUT2D eigenvalue weighted by Gasteiger charge is -2.07. The van der Waals surface area contributed by atoms with E-state index in [-0.39, 0.29) is 18.2 Å². The maximum Gasteiger partial charge on any atom is 0.269 e. The van der Waals surface area contributed by atoms with E-state index in [1.807, 2.05) is 55.5 Å². The monoisotopic (exact) mass is 358 g/mol. The molecule has 0 unspecified atom stereocenters. The Labute approximate surface area is 155 Å². The molecule has 5 nitrogen and oxygen atoms in total. The molecule has 1 heterocycles. The first-order valence-corrected chi connectivity index (χ1v) is 8.65. The molecule has 0 aliphatic carbocycles. The van der Waals surface area contributed by atoms with Crippen molar-refractivity contribution < 1.29 is 14.0 Å². The quantitative estimate of drug-likeness (QED) is 0.546. The Kier molecular flexibility index (Phi) is 4.34. The molecule has 2 amide bonds. The van der Waals surface area contributed by atoms with E-state index in [1.54, 1.807) is 18.4 Å². The van der Waals surface area contributed by atoms with Gasteiger partial charge in [0.05, 0.1) is 12.7 Å². The second-order valence-electron chi connectivity index (χ2n) is 6.47. The zero-order valence-electron chi connectivity index (χ0n) is 14.8. The number of carbonyl (C=O) groups is 2. The van der Waals surface area contributed by atoms with E-state index >= 15 is 0 Å². The molecular weight excluding hydrogens is 340 g/mol. The van der Waals surface area contributed by atoms with Gasteiger partial charge in [0.25, 0.3) is 5.91 Å². The lowest BCUT2D eigenvalue weighted by molar-refractivity contribution is -0.121. The van der Waals surface area contributed by atoms with Crippen molar-refractivity contribution in [2.45, 2.75) is 13.3 Å². The van der Waals surface area contributed by atoms with Crippen molar-refractivity contribution in [1.82, 2.24) is 10.9 Å². The van der Waals surface area contributed by atoms with Gasteiger partial charge in [0.2, 0.25) is 5.91 Å². The molecule has 5 heteroatoms. The van der Waals surface area contributed by atoms with Crippen LogP contribution in [0.15, 0.2) is 71.3 Å². The molecule has 0 fully saturated rings. The molecule has 0 aliphatic heterocycles. The molecule has 0 radical (unpaired) electrons. The van der Waals surface area contributed by atoms with E-state index < -0.39 is 0 Å². The summed E-state index contributed by atoms with van der Waals surface area (Å²) in [6.07, 6.45) is 1.70. The molecule has 4 rings (SSSR count). The van der Waals surface area contributed by atoms with Gasteiger partial charge in [-0.25, -0.2) is 0 Å². The fraction of sp³-hybridized carbons (Fsp3) is 0.0909. The lowest BCUT2D eigenvalue weighted by atomic mass is 10.0. The molecule has 2 N–H and O–H groups in total. The van der Waals surface area contributed by atoms with Crippen molar-refractivity contribution in [1.29, 1.82) is 0 Å². The first kappa shape index (κ1) is 16.8. The molecule has 134 valence electrons. The third kappa shape index (κ3) is 3.40. The highest BCUT2D eigenvalue weighted by Gasteiger charge is 2.14. The number of fused-ring (bicyclic) bond motifs is 3. The summed E-state index contributed by atoms with van der Waals surface area (Å²) in [4.78, 5) is 24.4. The molecule has 4 aromatic rings. The predicted octanol–water partition coefficient (Wildman–Crippen LogP) is 3.90. The summed E-state index contributed by atoms with van der Waals surface area (Å²) in [7, 11) is 0. The summed E-state index contributed by atoms with van der Waals surface area (Å²) in [6, 6.07) is 19.0. The van der Waals surface area contributed by atoms with Crippen molar-refractivity contribution >= 4 is 33.6 Å². The second-order valence-corrected chi connectivity index (χ2v) is 6.47. The van der Waals surface area contributed by atoms with Gasteiger partial charge in [0.1, 0.15) is 5.58 Å². The van der Waals surface area contributed by atoms with Crippen LogP contribution in [0, 0.1) is 6.92 Å². The van der Waals surface area contributed by atoms with Crippen LogP contribution in [0.3, 0.4) is 0 Å². The first-order chi connectivity index (χ1) is 13.1. The Balaban J connectivity index is 1.49. The van der Waals surface area contributed by atoms with E-state index in [2.05, 4.69) is 10.9 Å². The van der Waals surface area contributed by atoms with Crippen LogP contribution in [-0.2, 0) is 11.2 Å². The maximum atomic E-state index is 12.3. The van der Waals surface area contributed by atoms with Gasteiger partial charge >= 0.3 is 0 Å². The van der Waals surface area contributed by atoms with E-state index in [0.717, 1.165) is 32.9 Å². The highest BCUT2D eigenvalue weighted by Crippen LogP contribution is 2.30. The molecule has 0 aliphatic rings. The smallest absolute Gasteiger partial charge is 0.269 e. The van der Waals surface area contributed by atoms with Crippen LogP contribution in [0.4, 0.5) is 0 Å². The molecule has 0 bridgehead atoms. The average molecular weight is 358 g/mol. The number of hydrogen-bond acceptors (Lipinski definition) is 3. The number of nitrogens with one attached hydrogen (secondary N) is 2.